The van der Waals surface area contributed by atoms with Crippen LogP contribution in [0.2, 0.25) is 0 Å². The first-order valence-corrected chi connectivity index (χ1v) is 13.4. The lowest BCUT2D eigenvalue weighted by molar-refractivity contribution is -0.158. The van der Waals surface area contributed by atoms with Gasteiger partial charge in [-0.2, -0.15) is 8.78 Å². The molecule has 1 heterocycles. The fourth-order valence-electron chi connectivity index (χ4n) is 4.70. The maximum atomic E-state index is 12.7. The summed E-state index contributed by atoms with van der Waals surface area (Å²) in [6, 6.07) is 15.0. The Morgan fingerprint density at radius 3 is 2.32 bits per heavy atom. The van der Waals surface area contributed by atoms with Crippen molar-refractivity contribution in [3.63, 3.8) is 0 Å². The molecule has 7 heteroatoms. The zero-order valence-corrected chi connectivity index (χ0v) is 22.9. The number of aromatic nitrogens is 2. The zero-order valence-electron chi connectivity index (χ0n) is 22.9. The van der Waals surface area contributed by atoms with Crippen molar-refractivity contribution in [1.29, 1.82) is 0 Å². The summed E-state index contributed by atoms with van der Waals surface area (Å²) in [5.41, 5.74) is 2.16. The quantitative estimate of drug-likeness (QED) is 0.312. The van der Waals surface area contributed by atoms with Crippen LogP contribution in [-0.2, 0) is 6.42 Å². The fraction of sp³-hybridized carbons (Fsp3) is 0.533. The number of fused-ring (bicyclic) bond motifs is 1. The molecule has 1 fully saturated rings. The van der Waals surface area contributed by atoms with E-state index >= 15 is 0 Å². The molecule has 202 valence electrons. The Hall–Kier alpha value is -2.80. The van der Waals surface area contributed by atoms with Gasteiger partial charge in [0, 0.05) is 26.4 Å². The van der Waals surface area contributed by atoms with E-state index in [1.165, 1.54) is 25.7 Å². The van der Waals surface area contributed by atoms with Gasteiger partial charge in [0.1, 0.15) is 17.4 Å². The monoisotopic (exact) mass is 512 g/mol. The van der Waals surface area contributed by atoms with Crippen LogP contribution >= 0.6 is 0 Å². The molecule has 5 nitrogen and oxygen atoms in total. The van der Waals surface area contributed by atoms with Gasteiger partial charge in [0.25, 0.3) is 0 Å². The minimum atomic E-state index is -3.12. The Balaban J connectivity index is 0.000000231. The van der Waals surface area contributed by atoms with Crippen LogP contribution in [0.5, 0.6) is 5.75 Å². The summed E-state index contributed by atoms with van der Waals surface area (Å²) in [6.45, 7) is 7.16. The Morgan fingerprint density at radius 2 is 1.68 bits per heavy atom. The summed E-state index contributed by atoms with van der Waals surface area (Å²) in [4.78, 5) is 10.8. The van der Waals surface area contributed by atoms with Crippen molar-refractivity contribution in [3.05, 3.63) is 59.9 Å². The minimum absolute atomic E-state index is 0.214. The molecular formula is C30H42F2N4O. The molecular weight excluding hydrogens is 470 g/mol. The van der Waals surface area contributed by atoms with Crippen LogP contribution in [0.1, 0.15) is 57.3 Å². The van der Waals surface area contributed by atoms with Gasteiger partial charge in [-0.1, -0.05) is 44.0 Å². The number of benzene rings is 2. The first-order valence-electron chi connectivity index (χ1n) is 13.4. The second kappa shape index (κ2) is 13.7. The molecule has 0 amide bonds. The standard InChI is InChI=1S/C19H29F2NO.C11H13N3/c1-15-5-7-17(8-6-15)14-22-13-3-4-16-9-11-18(12-10-16)23-19(2,20)21;1-8-12-10-7-5-4-6-9(10)11(13-8)14(2)3/h9-12,15,17,22H,3-8,13-14H2,1-2H3;4-7H,1-3H3. The molecule has 1 saturated carbocycles. The molecule has 2 aromatic carbocycles. The second-order valence-corrected chi connectivity index (χ2v) is 10.5. The zero-order chi connectivity index (χ0) is 26.8. The third-order valence-corrected chi connectivity index (χ3v) is 6.73. The highest BCUT2D eigenvalue weighted by Gasteiger charge is 2.22. The number of rotatable bonds is 9. The highest BCUT2D eigenvalue weighted by atomic mass is 19.3. The van der Waals surface area contributed by atoms with Crippen LogP contribution in [0.15, 0.2) is 48.5 Å². The van der Waals surface area contributed by atoms with Crippen LogP contribution in [0.4, 0.5) is 14.6 Å². The molecule has 1 aromatic heterocycles. The summed E-state index contributed by atoms with van der Waals surface area (Å²) < 4.78 is 30.0. The van der Waals surface area contributed by atoms with Gasteiger partial charge in [-0.15, -0.1) is 0 Å². The number of nitrogens with one attached hydrogen (secondary N) is 1. The van der Waals surface area contributed by atoms with Crippen molar-refractivity contribution in [2.24, 2.45) is 11.8 Å². The average Bonchev–Trinajstić information content (AvgIpc) is 2.85. The number of alkyl halides is 2. The van der Waals surface area contributed by atoms with Crippen LogP contribution in [0.25, 0.3) is 10.9 Å². The van der Waals surface area contributed by atoms with Gasteiger partial charge in [-0.3, -0.25) is 0 Å². The van der Waals surface area contributed by atoms with Gasteiger partial charge in [0.2, 0.25) is 0 Å². The molecule has 0 unspecified atom stereocenters. The Morgan fingerprint density at radius 1 is 1.00 bits per heavy atom. The second-order valence-electron chi connectivity index (χ2n) is 10.5. The number of nitrogens with zero attached hydrogens (tertiary/aromatic N) is 3. The topological polar surface area (TPSA) is 50.3 Å². The summed E-state index contributed by atoms with van der Waals surface area (Å²) in [5.74, 6) is 3.76. The van der Waals surface area contributed by atoms with E-state index in [4.69, 9.17) is 0 Å². The highest BCUT2D eigenvalue weighted by molar-refractivity contribution is 5.89. The van der Waals surface area contributed by atoms with Crippen molar-refractivity contribution in [3.8, 4) is 5.75 Å². The molecule has 3 aromatic rings. The van der Waals surface area contributed by atoms with Crippen LogP contribution in [0.3, 0.4) is 0 Å². The number of anilines is 1. The lowest BCUT2D eigenvalue weighted by Gasteiger charge is -2.26. The summed E-state index contributed by atoms with van der Waals surface area (Å²) in [7, 11) is 3.99. The van der Waals surface area contributed by atoms with E-state index < -0.39 is 6.11 Å². The van der Waals surface area contributed by atoms with Crippen LogP contribution < -0.4 is 15.0 Å². The fourth-order valence-corrected chi connectivity index (χ4v) is 4.70. The number of ether oxygens (including phenoxy) is 1. The van der Waals surface area contributed by atoms with Crippen LogP contribution in [-0.4, -0.2) is 43.3 Å². The molecule has 0 radical (unpaired) electrons. The van der Waals surface area contributed by atoms with Gasteiger partial charge >= 0.3 is 6.11 Å². The first kappa shape index (κ1) is 28.8. The molecule has 37 heavy (non-hydrogen) atoms. The van der Waals surface area contributed by atoms with Crippen LogP contribution in [0, 0.1) is 18.8 Å². The summed E-state index contributed by atoms with van der Waals surface area (Å²) in [5, 5.41) is 4.66. The lowest BCUT2D eigenvalue weighted by Crippen LogP contribution is -2.27. The number of halogens is 2. The van der Waals surface area contributed by atoms with Gasteiger partial charge in [-0.25, -0.2) is 9.97 Å². The predicted molar refractivity (Wildman–Crippen MR) is 149 cm³/mol. The smallest absolute Gasteiger partial charge is 0.394 e. The Labute approximate surface area is 220 Å². The molecule has 1 aliphatic rings. The maximum Gasteiger partial charge on any atom is 0.394 e. The third kappa shape index (κ3) is 9.88. The van der Waals surface area contributed by atoms with Gasteiger partial charge < -0.3 is 15.0 Å². The lowest BCUT2D eigenvalue weighted by atomic mass is 9.83. The Kier molecular flexibility index (Phi) is 10.6. The normalized spacial score (nSPS) is 17.7. The van der Waals surface area contributed by atoms with Gasteiger partial charge in [0.05, 0.1) is 5.52 Å². The van der Waals surface area contributed by atoms with Crippen molar-refractivity contribution in [1.82, 2.24) is 15.3 Å². The number of aryl methyl sites for hydroxylation is 2. The third-order valence-electron chi connectivity index (χ3n) is 6.73. The molecule has 1 N–H and O–H groups in total. The number of hydrogen-bond donors (Lipinski definition) is 1. The van der Waals surface area contributed by atoms with Gasteiger partial charge in [0.15, 0.2) is 0 Å². The molecule has 0 aliphatic heterocycles. The van der Waals surface area contributed by atoms with E-state index in [0.29, 0.717) is 0 Å². The first-order chi connectivity index (χ1) is 17.6. The Bertz CT molecular complexity index is 1090. The van der Waals surface area contributed by atoms with Gasteiger partial charge in [-0.05, 0) is 87.4 Å². The van der Waals surface area contributed by atoms with Crippen molar-refractivity contribution in [2.75, 3.05) is 32.1 Å². The predicted octanol–water partition coefficient (Wildman–Crippen LogP) is 7.03. The average molecular weight is 513 g/mol. The van der Waals surface area contributed by atoms with E-state index in [9.17, 15) is 8.78 Å². The highest BCUT2D eigenvalue weighted by Crippen LogP contribution is 2.27. The molecule has 0 saturated heterocycles. The number of hydrogen-bond acceptors (Lipinski definition) is 5. The van der Waals surface area contributed by atoms with E-state index in [-0.39, 0.29) is 5.75 Å². The largest absolute Gasteiger partial charge is 0.433 e. The molecule has 0 atom stereocenters. The van der Waals surface area contributed by atoms with E-state index in [0.717, 1.165) is 72.8 Å². The molecule has 1 aliphatic carbocycles. The van der Waals surface area contributed by atoms with Crippen molar-refractivity contribution in [2.45, 2.75) is 65.4 Å². The SMILES string of the molecule is CC1CCC(CNCCCc2ccc(OC(C)(F)F)cc2)CC1.Cc1nc(N(C)C)c2ccccc2n1. The number of para-hydroxylation sites is 1. The maximum absolute atomic E-state index is 12.7. The summed E-state index contributed by atoms with van der Waals surface area (Å²) in [6.07, 6.45) is 4.36. The van der Waals surface area contributed by atoms with Crippen molar-refractivity contribution < 1.29 is 13.5 Å². The molecule has 0 spiro atoms. The van der Waals surface area contributed by atoms with Crippen molar-refractivity contribution >= 4 is 16.7 Å². The van der Waals surface area contributed by atoms with E-state index in [1.807, 2.05) is 62.3 Å². The molecule has 0 bridgehead atoms. The summed E-state index contributed by atoms with van der Waals surface area (Å²) >= 11 is 0. The van der Waals surface area contributed by atoms with E-state index in [1.54, 1.807) is 12.1 Å². The minimum Gasteiger partial charge on any atom is -0.433 e. The van der Waals surface area contributed by atoms with E-state index in [2.05, 4.69) is 26.9 Å². The molecule has 4 rings (SSSR count).